The normalized spacial score (nSPS) is 24.3. The number of carbonyl (C=O) groups is 2. The van der Waals surface area contributed by atoms with E-state index in [4.69, 9.17) is 0 Å². The zero-order chi connectivity index (χ0) is 17.3. The second-order valence-corrected chi connectivity index (χ2v) is 7.04. The summed E-state index contributed by atoms with van der Waals surface area (Å²) < 4.78 is 0. The summed E-state index contributed by atoms with van der Waals surface area (Å²) in [6.45, 7) is 1.93. The predicted octanol–water partition coefficient (Wildman–Crippen LogP) is 2.25. The Hall–Kier alpha value is -2.69. The lowest BCUT2D eigenvalue weighted by Gasteiger charge is -2.16. The van der Waals surface area contributed by atoms with Crippen LogP contribution in [-0.4, -0.2) is 34.8 Å². The molecule has 4 rings (SSSR count). The first-order valence-electron chi connectivity index (χ1n) is 8.69. The third-order valence-electron chi connectivity index (χ3n) is 5.39. The van der Waals surface area contributed by atoms with Crippen molar-refractivity contribution in [2.45, 2.75) is 19.4 Å². The van der Waals surface area contributed by atoms with E-state index in [1.807, 2.05) is 47.4 Å². The molecule has 2 fully saturated rings. The van der Waals surface area contributed by atoms with Crippen molar-refractivity contribution in [2.24, 2.45) is 11.3 Å². The molecule has 2 unspecified atom stereocenters. The summed E-state index contributed by atoms with van der Waals surface area (Å²) in [5.41, 5.74) is 1.71. The molecule has 2 atom stereocenters. The van der Waals surface area contributed by atoms with Gasteiger partial charge in [0.15, 0.2) is 0 Å². The third-order valence-corrected chi connectivity index (χ3v) is 5.39. The van der Waals surface area contributed by atoms with Crippen molar-refractivity contribution < 1.29 is 9.59 Å². The van der Waals surface area contributed by atoms with E-state index in [2.05, 4.69) is 10.3 Å². The molecule has 2 aromatic rings. The minimum absolute atomic E-state index is 0.0105. The van der Waals surface area contributed by atoms with Gasteiger partial charge in [-0.2, -0.15) is 0 Å². The van der Waals surface area contributed by atoms with E-state index in [0.29, 0.717) is 13.1 Å². The van der Waals surface area contributed by atoms with Crippen molar-refractivity contribution in [1.82, 2.24) is 15.2 Å². The van der Waals surface area contributed by atoms with E-state index in [0.717, 1.165) is 30.5 Å². The number of hydrogen-bond donors (Lipinski definition) is 1. The molecule has 5 heteroatoms. The Morgan fingerprint density at radius 3 is 2.80 bits per heavy atom. The molecule has 1 aliphatic carbocycles. The Morgan fingerprint density at radius 2 is 2.04 bits per heavy atom. The van der Waals surface area contributed by atoms with Gasteiger partial charge in [0.1, 0.15) is 0 Å². The highest BCUT2D eigenvalue weighted by Gasteiger charge is 2.61. The Morgan fingerprint density at radius 1 is 1.20 bits per heavy atom. The highest BCUT2D eigenvalue weighted by molar-refractivity contribution is 5.94. The number of nitrogens with one attached hydrogen (secondary N) is 1. The van der Waals surface area contributed by atoms with Gasteiger partial charge in [0.05, 0.1) is 0 Å². The summed E-state index contributed by atoms with van der Waals surface area (Å²) in [5, 5.41) is 3.01. The van der Waals surface area contributed by atoms with Gasteiger partial charge in [-0.25, -0.2) is 0 Å². The van der Waals surface area contributed by atoms with Crippen LogP contribution in [0, 0.1) is 11.3 Å². The fourth-order valence-electron chi connectivity index (χ4n) is 3.82. The van der Waals surface area contributed by atoms with Crippen LogP contribution in [0.1, 0.15) is 28.8 Å². The smallest absolute Gasteiger partial charge is 0.253 e. The van der Waals surface area contributed by atoms with Crippen LogP contribution in [0.3, 0.4) is 0 Å². The average Bonchev–Trinajstić information content (AvgIpc) is 3.21. The monoisotopic (exact) mass is 335 g/mol. The lowest BCUT2D eigenvalue weighted by Crippen LogP contribution is -2.31. The molecule has 1 aliphatic heterocycles. The molecular formula is C20H21N3O2. The highest BCUT2D eigenvalue weighted by atomic mass is 16.2. The fourth-order valence-corrected chi connectivity index (χ4v) is 3.82. The molecule has 1 saturated heterocycles. The first kappa shape index (κ1) is 15.8. The first-order valence-corrected chi connectivity index (χ1v) is 8.69. The van der Waals surface area contributed by atoms with Crippen LogP contribution in [0.2, 0.25) is 0 Å². The Kier molecular flexibility index (Phi) is 3.99. The van der Waals surface area contributed by atoms with Gasteiger partial charge in [0.2, 0.25) is 5.91 Å². The van der Waals surface area contributed by atoms with Gasteiger partial charge < -0.3 is 10.2 Å². The van der Waals surface area contributed by atoms with E-state index in [-0.39, 0.29) is 23.1 Å². The molecule has 1 aromatic carbocycles. The Bertz CT molecular complexity index is 778. The summed E-state index contributed by atoms with van der Waals surface area (Å²) >= 11 is 0. The van der Waals surface area contributed by atoms with Crippen molar-refractivity contribution in [3.8, 4) is 0 Å². The highest BCUT2D eigenvalue weighted by Crippen LogP contribution is 2.58. The Balaban J connectivity index is 1.33. The van der Waals surface area contributed by atoms with Crippen LogP contribution in [0.4, 0.5) is 0 Å². The number of benzene rings is 1. The van der Waals surface area contributed by atoms with Gasteiger partial charge in [-0.05, 0) is 36.6 Å². The number of amides is 2. The molecular weight excluding hydrogens is 314 g/mol. The van der Waals surface area contributed by atoms with Crippen molar-refractivity contribution in [3.63, 3.8) is 0 Å². The minimum atomic E-state index is -0.0105. The number of hydrogen-bond acceptors (Lipinski definition) is 3. The van der Waals surface area contributed by atoms with Crippen LogP contribution >= 0.6 is 0 Å². The summed E-state index contributed by atoms with van der Waals surface area (Å²) in [6.07, 6.45) is 5.28. The molecule has 128 valence electrons. The molecule has 2 heterocycles. The number of likely N-dealkylation sites (tertiary alicyclic amines) is 1. The van der Waals surface area contributed by atoms with Gasteiger partial charge in [-0.3, -0.25) is 14.6 Å². The zero-order valence-corrected chi connectivity index (χ0v) is 14.0. The maximum atomic E-state index is 12.6. The lowest BCUT2D eigenvalue weighted by molar-refractivity contribution is -0.123. The molecule has 0 bridgehead atoms. The molecule has 5 nitrogen and oxygen atoms in total. The van der Waals surface area contributed by atoms with Crippen LogP contribution in [-0.2, 0) is 11.3 Å². The average molecular weight is 335 g/mol. The largest absolute Gasteiger partial charge is 0.352 e. The number of nitrogens with zero attached hydrogens (tertiary/aromatic N) is 2. The summed E-state index contributed by atoms with van der Waals surface area (Å²) in [5.74, 6) is 0.189. The summed E-state index contributed by atoms with van der Waals surface area (Å²) in [6, 6.07) is 13.2. The van der Waals surface area contributed by atoms with Gasteiger partial charge in [-0.15, -0.1) is 0 Å². The van der Waals surface area contributed by atoms with Crippen molar-refractivity contribution in [3.05, 3.63) is 66.0 Å². The topological polar surface area (TPSA) is 62.3 Å². The number of rotatable bonds is 4. The number of carbonyl (C=O) groups excluding carboxylic acids is 2. The first-order chi connectivity index (χ1) is 12.2. The van der Waals surface area contributed by atoms with E-state index >= 15 is 0 Å². The van der Waals surface area contributed by atoms with E-state index in [1.165, 1.54) is 0 Å². The second-order valence-electron chi connectivity index (χ2n) is 7.04. The molecule has 1 N–H and O–H groups in total. The molecule has 1 aromatic heterocycles. The summed E-state index contributed by atoms with van der Waals surface area (Å²) in [4.78, 5) is 31.0. The lowest BCUT2D eigenvalue weighted by atomic mass is 10.0. The fraction of sp³-hybridized carbons (Fsp3) is 0.350. The Labute approximate surface area is 147 Å². The molecule has 2 aliphatic rings. The molecule has 25 heavy (non-hydrogen) atoms. The van der Waals surface area contributed by atoms with Crippen LogP contribution < -0.4 is 5.32 Å². The number of aromatic nitrogens is 1. The molecule has 1 saturated carbocycles. The van der Waals surface area contributed by atoms with E-state index < -0.39 is 0 Å². The molecule has 2 amide bonds. The van der Waals surface area contributed by atoms with Crippen LogP contribution in [0.5, 0.6) is 0 Å². The van der Waals surface area contributed by atoms with Gasteiger partial charge in [-0.1, -0.05) is 24.3 Å². The van der Waals surface area contributed by atoms with Crippen molar-refractivity contribution in [2.75, 3.05) is 13.1 Å². The predicted molar refractivity (Wildman–Crippen MR) is 93.6 cm³/mol. The van der Waals surface area contributed by atoms with Gasteiger partial charge in [0, 0.05) is 48.9 Å². The van der Waals surface area contributed by atoms with E-state index in [1.54, 1.807) is 12.4 Å². The third kappa shape index (κ3) is 3.14. The SMILES string of the molecule is O=C(NCc1cccnc1)C1CC12CCN(C(=O)c1ccccc1)C2. The van der Waals surface area contributed by atoms with Crippen LogP contribution in [0.15, 0.2) is 54.9 Å². The second kappa shape index (κ2) is 6.31. The number of pyridine rings is 1. The minimum Gasteiger partial charge on any atom is -0.352 e. The van der Waals surface area contributed by atoms with Gasteiger partial charge in [0.25, 0.3) is 5.91 Å². The van der Waals surface area contributed by atoms with Crippen LogP contribution in [0.25, 0.3) is 0 Å². The summed E-state index contributed by atoms with van der Waals surface area (Å²) in [7, 11) is 0. The van der Waals surface area contributed by atoms with Crippen molar-refractivity contribution in [1.29, 1.82) is 0 Å². The van der Waals surface area contributed by atoms with Crippen molar-refractivity contribution >= 4 is 11.8 Å². The maximum Gasteiger partial charge on any atom is 0.253 e. The zero-order valence-electron chi connectivity index (χ0n) is 14.0. The van der Waals surface area contributed by atoms with E-state index in [9.17, 15) is 9.59 Å². The molecule has 0 radical (unpaired) electrons. The standard InChI is InChI=1S/C20H21N3O2/c24-18(22-13-15-5-4-9-21-12-15)17-11-20(17)8-10-23(14-20)19(25)16-6-2-1-3-7-16/h1-7,9,12,17H,8,10-11,13-14H2,(H,22,24). The molecule has 1 spiro atoms. The van der Waals surface area contributed by atoms with Gasteiger partial charge >= 0.3 is 0 Å². The quantitative estimate of drug-likeness (QED) is 0.932. The maximum absolute atomic E-state index is 12.6.